The van der Waals surface area contributed by atoms with Crippen molar-refractivity contribution in [3.05, 3.63) is 65.9 Å². The SMILES string of the molecule is CC.COc1nc2ccccc2nc1CCc1ccccc1. The van der Waals surface area contributed by atoms with Gasteiger partial charge in [-0.15, -0.1) is 0 Å². The molecular weight excluding hydrogens is 272 g/mol. The minimum absolute atomic E-state index is 0.625. The fraction of sp³-hybridized carbons (Fsp3) is 0.263. The Kier molecular flexibility index (Phi) is 5.90. The molecule has 3 heteroatoms. The van der Waals surface area contributed by atoms with E-state index in [1.807, 2.05) is 44.2 Å². The Morgan fingerprint density at radius 3 is 2.00 bits per heavy atom. The summed E-state index contributed by atoms with van der Waals surface area (Å²) in [6.07, 6.45) is 1.76. The van der Waals surface area contributed by atoms with Crippen LogP contribution in [0, 0.1) is 0 Å². The predicted octanol–water partition coefficient (Wildman–Crippen LogP) is 4.45. The van der Waals surface area contributed by atoms with Crippen molar-refractivity contribution >= 4 is 11.0 Å². The van der Waals surface area contributed by atoms with Gasteiger partial charge in [-0.25, -0.2) is 9.97 Å². The molecule has 3 rings (SSSR count). The molecule has 1 aromatic heterocycles. The lowest BCUT2D eigenvalue weighted by molar-refractivity contribution is 0.391. The molecule has 3 aromatic rings. The third-order valence-corrected chi connectivity index (χ3v) is 3.29. The third-order valence-electron chi connectivity index (χ3n) is 3.29. The first-order valence-electron chi connectivity index (χ1n) is 7.70. The predicted molar refractivity (Wildman–Crippen MR) is 91.3 cm³/mol. The summed E-state index contributed by atoms with van der Waals surface area (Å²) in [7, 11) is 1.64. The number of rotatable bonds is 4. The number of ether oxygens (including phenoxy) is 1. The van der Waals surface area contributed by atoms with Crippen molar-refractivity contribution in [2.45, 2.75) is 26.7 Å². The topological polar surface area (TPSA) is 35.0 Å². The van der Waals surface area contributed by atoms with Crippen molar-refractivity contribution in [3.8, 4) is 5.88 Å². The standard InChI is InChI=1S/C17H16N2O.C2H6/c1-20-17-16(12-11-13-7-3-2-4-8-13)18-14-9-5-6-10-15(14)19-17;1-2/h2-10H,11-12H2,1H3;1-2H3. The maximum atomic E-state index is 5.37. The number of para-hydroxylation sites is 2. The maximum Gasteiger partial charge on any atom is 0.235 e. The number of fused-ring (bicyclic) bond motifs is 1. The highest BCUT2D eigenvalue weighted by Crippen LogP contribution is 2.20. The number of nitrogens with zero attached hydrogens (tertiary/aromatic N) is 2. The summed E-state index contributed by atoms with van der Waals surface area (Å²) in [5.41, 5.74) is 3.99. The number of benzene rings is 2. The van der Waals surface area contributed by atoms with Crippen LogP contribution in [0.5, 0.6) is 5.88 Å². The second-order valence-electron chi connectivity index (χ2n) is 4.65. The van der Waals surface area contributed by atoms with E-state index in [0.29, 0.717) is 5.88 Å². The van der Waals surface area contributed by atoms with E-state index in [-0.39, 0.29) is 0 Å². The molecule has 1 heterocycles. The first-order valence-corrected chi connectivity index (χ1v) is 7.70. The van der Waals surface area contributed by atoms with E-state index in [2.05, 4.69) is 34.2 Å². The number of hydrogen-bond donors (Lipinski definition) is 0. The zero-order valence-electron chi connectivity index (χ0n) is 13.4. The van der Waals surface area contributed by atoms with Gasteiger partial charge in [0.15, 0.2) is 0 Å². The Hall–Kier alpha value is -2.42. The summed E-state index contributed by atoms with van der Waals surface area (Å²) in [5.74, 6) is 0.625. The average Bonchev–Trinajstić information content (AvgIpc) is 2.61. The summed E-state index contributed by atoms with van der Waals surface area (Å²) in [5, 5.41) is 0. The number of methoxy groups -OCH3 is 1. The van der Waals surface area contributed by atoms with Crippen molar-refractivity contribution in [2.75, 3.05) is 7.11 Å². The van der Waals surface area contributed by atoms with Crippen LogP contribution in [0.15, 0.2) is 54.6 Å². The Morgan fingerprint density at radius 1 is 0.773 bits per heavy atom. The van der Waals surface area contributed by atoms with Crippen molar-refractivity contribution in [1.29, 1.82) is 0 Å². The molecule has 0 aliphatic carbocycles. The first kappa shape index (κ1) is 16.0. The quantitative estimate of drug-likeness (QED) is 0.713. The largest absolute Gasteiger partial charge is 0.480 e. The Morgan fingerprint density at radius 2 is 1.36 bits per heavy atom. The molecule has 22 heavy (non-hydrogen) atoms. The summed E-state index contributed by atoms with van der Waals surface area (Å²) in [6, 6.07) is 18.3. The summed E-state index contributed by atoms with van der Waals surface area (Å²) in [4.78, 5) is 9.19. The van der Waals surface area contributed by atoms with Gasteiger partial charge in [-0.05, 0) is 30.5 Å². The van der Waals surface area contributed by atoms with E-state index in [4.69, 9.17) is 4.74 Å². The van der Waals surface area contributed by atoms with E-state index >= 15 is 0 Å². The molecule has 0 radical (unpaired) electrons. The van der Waals surface area contributed by atoms with Crippen LogP contribution < -0.4 is 4.74 Å². The lowest BCUT2D eigenvalue weighted by Crippen LogP contribution is -2.01. The van der Waals surface area contributed by atoms with Crippen LogP contribution >= 0.6 is 0 Å². The second kappa shape index (κ2) is 8.13. The fourth-order valence-corrected chi connectivity index (χ4v) is 2.25. The van der Waals surface area contributed by atoms with Gasteiger partial charge in [0.1, 0.15) is 5.69 Å². The van der Waals surface area contributed by atoms with Gasteiger partial charge in [0, 0.05) is 0 Å². The normalized spacial score (nSPS) is 9.95. The monoisotopic (exact) mass is 294 g/mol. The lowest BCUT2D eigenvalue weighted by Gasteiger charge is -2.08. The minimum atomic E-state index is 0.625. The zero-order valence-corrected chi connectivity index (χ0v) is 13.4. The molecule has 0 bridgehead atoms. The number of aryl methyl sites for hydroxylation is 2. The van der Waals surface area contributed by atoms with Crippen LogP contribution in [0.3, 0.4) is 0 Å². The third kappa shape index (κ3) is 3.82. The van der Waals surface area contributed by atoms with Crippen LogP contribution in [0.2, 0.25) is 0 Å². The second-order valence-corrected chi connectivity index (χ2v) is 4.65. The van der Waals surface area contributed by atoms with Gasteiger partial charge in [0.25, 0.3) is 0 Å². The van der Waals surface area contributed by atoms with Gasteiger partial charge in [0.2, 0.25) is 5.88 Å². The summed E-state index contributed by atoms with van der Waals surface area (Å²) < 4.78 is 5.37. The zero-order chi connectivity index (χ0) is 15.8. The lowest BCUT2D eigenvalue weighted by atomic mass is 10.1. The van der Waals surface area contributed by atoms with Crippen LogP contribution in [-0.4, -0.2) is 17.1 Å². The highest BCUT2D eigenvalue weighted by Gasteiger charge is 2.09. The summed E-state index contributed by atoms with van der Waals surface area (Å²) in [6.45, 7) is 4.00. The molecule has 3 nitrogen and oxygen atoms in total. The maximum absolute atomic E-state index is 5.37. The molecule has 0 spiro atoms. The molecule has 114 valence electrons. The van der Waals surface area contributed by atoms with Gasteiger partial charge < -0.3 is 4.74 Å². The molecule has 0 aliphatic rings. The van der Waals surface area contributed by atoms with Crippen LogP contribution in [-0.2, 0) is 12.8 Å². The van der Waals surface area contributed by atoms with Crippen molar-refractivity contribution in [1.82, 2.24) is 9.97 Å². The molecule has 0 N–H and O–H groups in total. The van der Waals surface area contributed by atoms with Crippen molar-refractivity contribution < 1.29 is 4.74 Å². The Balaban J connectivity index is 0.000000847. The van der Waals surface area contributed by atoms with E-state index in [9.17, 15) is 0 Å². The van der Waals surface area contributed by atoms with Gasteiger partial charge in [0.05, 0.1) is 18.1 Å². The molecule has 0 saturated heterocycles. The van der Waals surface area contributed by atoms with Crippen molar-refractivity contribution in [2.24, 2.45) is 0 Å². The average molecular weight is 294 g/mol. The Labute approximate surface area is 132 Å². The molecule has 0 unspecified atom stereocenters. The molecule has 0 saturated carbocycles. The van der Waals surface area contributed by atoms with Crippen LogP contribution in [0.25, 0.3) is 11.0 Å². The smallest absolute Gasteiger partial charge is 0.235 e. The summed E-state index contributed by atoms with van der Waals surface area (Å²) >= 11 is 0. The Bertz CT molecular complexity index is 711. The number of hydrogen-bond acceptors (Lipinski definition) is 3. The molecule has 0 fully saturated rings. The highest BCUT2D eigenvalue weighted by molar-refractivity contribution is 5.74. The van der Waals surface area contributed by atoms with Gasteiger partial charge in [-0.3, -0.25) is 0 Å². The van der Waals surface area contributed by atoms with Crippen molar-refractivity contribution in [3.63, 3.8) is 0 Å². The minimum Gasteiger partial charge on any atom is -0.480 e. The molecule has 2 aromatic carbocycles. The van der Waals surface area contributed by atoms with E-state index in [0.717, 1.165) is 29.6 Å². The molecular formula is C19H22N2O. The number of aromatic nitrogens is 2. The van der Waals surface area contributed by atoms with Gasteiger partial charge >= 0.3 is 0 Å². The van der Waals surface area contributed by atoms with Crippen LogP contribution in [0.4, 0.5) is 0 Å². The molecule has 0 atom stereocenters. The molecule has 0 amide bonds. The van der Waals surface area contributed by atoms with Crippen LogP contribution in [0.1, 0.15) is 25.1 Å². The van der Waals surface area contributed by atoms with E-state index in [1.54, 1.807) is 7.11 Å². The van der Waals surface area contributed by atoms with Gasteiger partial charge in [-0.2, -0.15) is 0 Å². The molecule has 0 aliphatic heterocycles. The highest BCUT2D eigenvalue weighted by atomic mass is 16.5. The fourth-order valence-electron chi connectivity index (χ4n) is 2.25. The van der Waals surface area contributed by atoms with E-state index in [1.165, 1.54) is 5.56 Å². The van der Waals surface area contributed by atoms with E-state index < -0.39 is 0 Å². The van der Waals surface area contributed by atoms with Gasteiger partial charge in [-0.1, -0.05) is 56.3 Å². The first-order chi connectivity index (χ1) is 10.9.